The molecule has 2 aliphatic heterocycles. The van der Waals surface area contributed by atoms with Crippen molar-refractivity contribution in [2.24, 2.45) is 4.99 Å². The van der Waals surface area contributed by atoms with Gasteiger partial charge in [-0.2, -0.15) is 0 Å². The molecule has 0 radical (unpaired) electrons. The number of nitrogens with one attached hydrogen (secondary N) is 2. The molecule has 0 spiro atoms. The van der Waals surface area contributed by atoms with Crippen LogP contribution in [0.3, 0.4) is 0 Å². The molecule has 1 unspecified atom stereocenters. The fraction of sp³-hybridized carbons (Fsp3) is 0.900. The lowest BCUT2D eigenvalue weighted by atomic mass is 10.0. The van der Waals surface area contributed by atoms with Crippen molar-refractivity contribution in [2.75, 3.05) is 33.2 Å². The highest BCUT2D eigenvalue weighted by Crippen LogP contribution is 2.13. The predicted molar refractivity (Wildman–Crippen MR) is 58.6 cm³/mol. The van der Waals surface area contributed by atoms with Crippen molar-refractivity contribution in [1.29, 1.82) is 0 Å². The fourth-order valence-electron chi connectivity index (χ4n) is 2.13. The molecular weight excluding hydrogens is 176 g/mol. The summed E-state index contributed by atoms with van der Waals surface area (Å²) in [5, 5.41) is 6.61. The molecule has 0 bridgehead atoms. The van der Waals surface area contributed by atoms with Crippen molar-refractivity contribution >= 4 is 5.96 Å². The molecule has 4 nitrogen and oxygen atoms in total. The summed E-state index contributed by atoms with van der Waals surface area (Å²) in [7, 11) is 2.22. The highest BCUT2D eigenvalue weighted by Gasteiger charge is 2.19. The molecule has 80 valence electrons. The number of guanidine groups is 1. The number of hydrogen-bond acceptors (Lipinski definition) is 4. The van der Waals surface area contributed by atoms with Crippen molar-refractivity contribution < 1.29 is 0 Å². The second kappa shape index (κ2) is 4.64. The second-order valence-electron chi connectivity index (χ2n) is 4.17. The third kappa shape index (κ3) is 2.38. The Morgan fingerprint density at radius 3 is 3.21 bits per heavy atom. The summed E-state index contributed by atoms with van der Waals surface area (Å²) in [6, 6.07) is 0.689. The van der Waals surface area contributed by atoms with Crippen LogP contribution in [0, 0.1) is 0 Å². The van der Waals surface area contributed by atoms with E-state index in [9.17, 15) is 0 Å². The molecule has 2 N–H and O–H groups in total. The molecule has 4 heteroatoms. The normalized spacial score (nSPS) is 28.4. The zero-order valence-electron chi connectivity index (χ0n) is 8.92. The predicted octanol–water partition coefficient (Wildman–Crippen LogP) is 0.0195. The maximum absolute atomic E-state index is 4.32. The first-order valence-electron chi connectivity index (χ1n) is 5.59. The molecule has 1 fully saturated rings. The number of nitrogens with zero attached hydrogens (tertiary/aromatic N) is 2. The quantitative estimate of drug-likeness (QED) is 0.654. The Labute approximate surface area is 85.8 Å². The van der Waals surface area contributed by atoms with Gasteiger partial charge in [0.05, 0.1) is 6.54 Å². The first kappa shape index (κ1) is 9.77. The van der Waals surface area contributed by atoms with Gasteiger partial charge in [0.1, 0.15) is 0 Å². The first-order chi connectivity index (χ1) is 6.86. The molecule has 0 aromatic carbocycles. The Hall–Kier alpha value is -0.770. The summed E-state index contributed by atoms with van der Waals surface area (Å²) >= 11 is 0. The van der Waals surface area contributed by atoms with E-state index in [-0.39, 0.29) is 0 Å². The number of hydrogen-bond donors (Lipinski definition) is 2. The second-order valence-corrected chi connectivity index (χ2v) is 4.17. The van der Waals surface area contributed by atoms with E-state index in [1.165, 1.54) is 25.8 Å². The fourth-order valence-corrected chi connectivity index (χ4v) is 2.13. The van der Waals surface area contributed by atoms with E-state index in [0.717, 1.165) is 25.6 Å². The van der Waals surface area contributed by atoms with Crippen LogP contribution in [0.15, 0.2) is 4.99 Å². The number of likely N-dealkylation sites (tertiary alicyclic amines) is 1. The molecule has 0 aromatic rings. The summed E-state index contributed by atoms with van der Waals surface area (Å²) in [5.41, 5.74) is 0. The first-order valence-corrected chi connectivity index (χ1v) is 5.59. The molecule has 1 saturated heterocycles. The van der Waals surface area contributed by atoms with Gasteiger partial charge in [0.25, 0.3) is 0 Å². The SMILES string of the molecule is CN1CCCCC1CNC1=NCCN1. The van der Waals surface area contributed by atoms with Crippen LogP contribution in [-0.4, -0.2) is 50.1 Å². The molecule has 2 aliphatic rings. The maximum atomic E-state index is 4.32. The van der Waals surface area contributed by atoms with E-state index in [0.29, 0.717) is 6.04 Å². The Bertz CT molecular complexity index is 214. The molecule has 0 amide bonds. The van der Waals surface area contributed by atoms with Gasteiger partial charge in [0.2, 0.25) is 0 Å². The zero-order valence-corrected chi connectivity index (χ0v) is 8.92. The number of piperidine rings is 1. The Morgan fingerprint density at radius 1 is 1.57 bits per heavy atom. The van der Waals surface area contributed by atoms with E-state index < -0.39 is 0 Å². The smallest absolute Gasteiger partial charge is 0.191 e. The summed E-state index contributed by atoms with van der Waals surface area (Å²) in [6.45, 7) is 4.18. The summed E-state index contributed by atoms with van der Waals surface area (Å²) in [4.78, 5) is 6.77. The lowest BCUT2D eigenvalue weighted by Gasteiger charge is -2.32. The molecule has 1 atom stereocenters. The summed E-state index contributed by atoms with van der Waals surface area (Å²) < 4.78 is 0. The average molecular weight is 196 g/mol. The van der Waals surface area contributed by atoms with Gasteiger partial charge in [0.15, 0.2) is 5.96 Å². The van der Waals surface area contributed by atoms with E-state index in [2.05, 4.69) is 27.6 Å². The lowest BCUT2D eigenvalue weighted by Crippen LogP contribution is -2.46. The molecule has 2 rings (SSSR count). The summed E-state index contributed by atoms with van der Waals surface area (Å²) in [6.07, 6.45) is 4.04. The van der Waals surface area contributed by atoms with Gasteiger partial charge in [-0.15, -0.1) is 0 Å². The van der Waals surface area contributed by atoms with E-state index in [1.54, 1.807) is 0 Å². The van der Waals surface area contributed by atoms with Crippen molar-refractivity contribution in [1.82, 2.24) is 15.5 Å². The van der Waals surface area contributed by atoms with Crippen LogP contribution in [0.5, 0.6) is 0 Å². The Morgan fingerprint density at radius 2 is 2.50 bits per heavy atom. The Balaban J connectivity index is 1.73. The standard InChI is InChI=1S/C10H20N4/c1-14-7-3-2-4-9(14)8-13-10-11-5-6-12-10/h9H,2-8H2,1H3,(H2,11,12,13). The highest BCUT2D eigenvalue weighted by atomic mass is 15.2. The van der Waals surface area contributed by atoms with Crippen LogP contribution in [-0.2, 0) is 0 Å². The van der Waals surface area contributed by atoms with Gasteiger partial charge in [-0.3, -0.25) is 4.99 Å². The van der Waals surface area contributed by atoms with Gasteiger partial charge < -0.3 is 15.5 Å². The van der Waals surface area contributed by atoms with Crippen molar-refractivity contribution in [3.05, 3.63) is 0 Å². The third-order valence-corrected chi connectivity index (χ3v) is 3.10. The minimum Gasteiger partial charge on any atom is -0.355 e. The highest BCUT2D eigenvalue weighted by molar-refractivity contribution is 5.81. The van der Waals surface area contributed by atoms with Crippen LogP contribution < -0.4 is 10.6 Å². The third-order valence-electron chi connectivity index (χ3n) is 3.10. The maximum Gasteiger partial charge on any atom is 0.191 e. The molecule has 0 aromatic heterocycles. The zero-order chi connectivity index (χ0) is 9.80. The largest absolute Gasteiger partial charge is 0.355 e. The Kier molecular flexibility index (Phi) is 3.24. The van der Waals surface area contributed by atoms with Gasteiger partial charge >= 0.3 is 0 Å². The van der Waals surface area contributed by atoms with Crippen molar-refractivity contribution in [3.63, 3.8) is 0 Å². The van der Waals surface area contributed by atoms with Crippen LogP contribution in [0.1, 0.15) is 19.3 Å². The van der Waals surface area contributed by atoms with E-state index >= 15 is 0 Å². The van der Waals surface area contributed by atoms with Crippen LogP contribution in [0.4, 0.5) is 0 Å². The van der Waals surface area contributed by atoms with Crippen LogP contribution in [0.25, 0.3) is 0 Å². The molecule has 0 saturated carbocycles. The molecule has 14 heavy (non-hydrogen) atoms. The minimum absolute atomic E-state index is 0.689. The number of aliphatic imine (C=N–C) groups is 1. The van der Waals surface area contributed by atoms with Gasteiger partial charge in [0, 0.05) is 19.1 Å². The average Bonchev–Trinajstić information content (AvgIpc) is 2.69. The van der Waals surface area contributed by atoms with Crippen LogP contribution >= 0.6 is 0 Å². The monoisotopic (exact) mass is 196 g/mol. The number of rotatable bonds is 2. The van der Waals surface area contributed by atoms with Gasteiger partial charge in [-0.1, -0.05) is 6.42 Å². The lowest BCUT2D eigenvalue weighted by molar-refractivity contribution is 0.186. The van der Waals surface area contributed by atoms with Gasteiger partial charge in [-0.25, -0.2) is 0 Å². The van der Waals surface area contributed by atoms with E-state index in [4.69, 9.17) is 0 Å². The van der Waals surface area contributed by atoms with Gasteiger partial charge in [-0.05, 0) is 26.4 Å². The van der Waals surface area contributed by atoms with E-state index in [1.807, 2.05) is 0 Å². The number of likely N-dealkylation sites (N-methyl/N-ethyl adjacent to an activating group) is 1. The topological polar surface area (TPSA) is 39.7 Å². The molecule has 0 aliphatic carbocycles. The summed E-state index contributed by atoms with van der Waals surface area (Å²) in [5.74, 6) is 0.990. The minimum atomic E-state index is 0.689. The van der Waals surface area contributed by atoms with Crippen molar-refractivity contribution in [2.45, 2.75) is 25.3 Å². The molecule has 2 heterocycles. The molecular formula is C10H20N4. The van der Waals surface area contributed by atoms with Crippen LogP contribution in [0.2, 0.25) is 0 Å². The van der Waals surface area contributed by atoms with Crippen molar-refractivity contribution in [3.8, 4) is 0 Å².